The van der Waals surface area contributed by atoms with Gasteiger partial charge in [0.1, 0.15) is 6.04 Å². The van der Waals surface area contributed by atoms with Gasteiger partial charge in [0.25, 0.3) is 0 Å². The number of likely N-dealkylation sites (N-methyl/N-ethyl adjacent to an activating group) is 1. The van der Waals surface area contributed by atoms with Crippen LogP contribution in [0.2, 0.25) is 0 Å². The molecule has 2 amide bonds. The molecular formula is C16H23N3O2. The zero-order valence-corrected chi connectivity index (χ0v) is 12.5. The largest absolute Gasteiger partial charge is 0.354 e. The van der Waals surface area contributed by atoms with E-state index in [-0.39, 0.29) is 17.9 Å². The van der Waals surface area contributed by atoms with Crippen LogP contribution < -0.4 is 10.6 Å². The molecule has 1 atom stereocenters. The minimum absolute atomic E-state index is 0.0634. The third-order valence-electron chi connectivity index (χ3n) is 3.58. The Hall–Kier alpha value is -1.88. The molecule has 1 aliphatic rings. The molecule has 2 N–H and O–H groups in total. The van der Waals surface area contributed by atoms with E-state index in [4.69, 9.17) is 0 Å². The van der Waals surface area contributed by atoms with Gasteiger partial charge in [0, 0.05) is 13.1 Å². The second kappa shape index (κ2) is 7.78. The smallest absolute Gasteiger partial charge is 0.242 e. The van der Waals surface area contributed by atoms with Gasteiger partial charge in [-0.25, -0.2) is 0 Å². The lowest BCUT2D eigenvalue weighted by Crippen LogP contribution is -2.48. The van der Waals surface area contributed by atoms with Crippen molar-refractivity contribution in [1.29, 1.82) is 0 Å². The number of amides is 2. The monoisotopic (exact) mass is 289 g/mol. The van der Waals surface area contributed by atoms with Gasteiger partial charge in [0.15, 0.2) is 0 Å². The summed E-state index contributed by atoms with van der Waals surface area (Å²) in [5.74, 6) is -0.165. The molecule has 5 heteroatoms. The van der Waals surface area contributed by atoms with Crippen molar-refractivity contribution in [3.63, 3.8) is 0 Å². The molecule has 0 spiro atoms. The fourth-order valence-corrected chi connectivity index (χ4v) is 2.51. The van der Waals surface area contributed by atoms with E-state index in [0.717, 1.165) is 19.3 Å². The normalized spacial score (nSPS) is 19.0. The Morgan fingerprint density at radius 3 is 2.86 bits per heavy atom. The zero-order chi connectivity index (χ0) is 15.1. The summed E-state index contributed by atoms with van der Waals surface area (Å²) in [7, 11) is 1.90. The molecule has 1 saturated heterocycles. The Morgan fingerprint density at radius 2 is 2.10 bits per heavy atom. The van der Waals surface area contributed by atoms with Crippen molar-refractivity contribution < 1.29 is 9.59 Å². The minimum Gasteiger partial charge on any atom is -0.354 e. The molecule has 0 radical (unpaired) electrons. The molecule has 21 heavy (non-hydrogen) atoms. The van der Waals surface area contributed by atoms with Gasteiger partial charge < -0.3 is 10.6 Å². The Kier molecular flexibility index (Phi) is 5.75. The molecule has 2 rings (SSSR count). The molecule has 0 bridgehead atoms. The molecule has 1 aliphatic heterocycles. The van der Waals surface area contributed by atoms with Gasteiger partial charge in [-0.3, -0.25) is 14.5 Å². The van der Waals surface area contributed by atoms with Crippen LogP contribution in [0.3, 0.4) is 0 Å². The first-order chi connectivity index (χ1) is 10.1. The van der Waals surface area contributed by atoms with Crippen molar-refractivity contribution in [1.82, 2.24) is 15.5 Å². The third kappa shape index (κ3) is 5.19. The van der Waals surface area contributed by atoms with E-state index >= 15 is 0 Å². The maximum atomic E-state index is 12.0. The average Bonchev–Trinajstić information content (AvgIpc) is 2.65. The van der Waals surface area contributed by atoms with Crippen LogP contribution in [0.1, 0.15) is 24.8 Å². The van der Waals surface area contributed by atoms with E-state index in [0.29, 0.717) is 19.6 Å². The quantitative estimate of drug-likeness (QED) is 0.847. The van der Waals surface area contributed by atoms with E-state index in [1.807, 2.05) is 42.3 Å². The molecule has 0 saturated carbocycles. The second-order valence-corrected chi connectivity index (χ2v) is 5.56. The lowest BCUT2D eigenvalue weighted by molar-refractivity contribution is -0.129. The maximum absolute atomic E-state index is 12.0. The van der Waals surface area contributed by atoms with Gasteiger partial charge in [-0.05, 0) is 31.9 Å². The Morgan fingerprint density at radius 1 is 1.33 bits per heavy atom. The topological polar surface area (TPSA) is 61.4 Å². The molecule has 114 valence electrons. The first-order valence-corrected chi connectivity index (χ1v) is 7.44. The maximum Gasteiger partial charge on any atom is 0.242 e. The highest BCUT2D eigenvalue weighted by Gasteiger charge is 2.22. The number of rotatable bonds is 5. The fraction of sp³-hybridized carbons (Fsp3) is 0.500. The lowest BCUT2D eigenvalue weighted by Gasteiger charge is -2.19. The Balaban J connectivity index is 1.79. The second-order valence-electron chi connectivity index (χ2n) is 5.56. The summed E-state index contributed by atoms with van der Waals surface area (Å²) in [4.78, 5) is 25.8. The van der Waals surface area contributed by atoms with E-state index in [1.54, 1.807) is 0 Å². The predicted octanol–water partition coefficient (Wildman–Crippen LogP) is 0.903. The number of hydrogen-bond acceptors (Lipinski definition) is 3. The molecule has 0 aliphatic carbocycles. The molecule has 1 fully saturated rings. The van der Waals surface area contributed by atoms with Crippen molar-refractivity contribution in [2.75, 3.05) is 20.1 Å². The van der Waals surface area contributed by atoms with Crippen LogP contribution in [0.15, 0.2) is 30.3 Å². The molecule has 1 aromatic rings. The van der Waals surface area contributed by atoms with Gasteiger partial charge in [0.05, 0.1) is 6.54 Å². The molecule has 0 aromatic heterocycles. The Labute approximate surface area is 125 Å². The summed E-state index contributed by atoms with van der Waals surface area (Å²) in [5, 5.41) is 5.66. The van der Waals surface area contributed by atoms with Crippen LogP contribution >= 0.6 is 0 Å². The van der Waals surface area contributed by atoms with Crippen LogP contribution in [0.5, 0.6) is 0 Å². The number of nitrogens with zero attached hydrogens (tertiary/aromatic N) is 1. The number of benzene rings is 1. The van der Waals surface area contributed by atoms with E-state index in [2.05, 4.69) is 10.6 Å². The number of nitrogens with one attached hydrogen (secondary N) is 2. The summed E-state index contributed by atoms with van der Waals surface area (Å²) in [6, 6.07) is 9.63. The summed E-state index contributed by atoms with van der Waals surface area (Å²) >= 11 is 0. The van der Waals surface area contributed by atoms with Gasteiger partial charge in [-0.1, -0.05) is 30.3 Å². The van der Waals surface area contributed by atoms with Gasteiger partial charge in [-0.15, -0.1) is 0 Å². The van der Waals surface area contributed by atoms with Crippen molar-refractivity contribution >= 4 is 11.8 Å². The van der Waals surface area contributed by atoms with Gasteiger partial charge in [-0.2, -0.15) is 0 Å². The van der Waals surface area contributed by atoms with Crippen molar-refractivity contribution in [3.8, 4) is 0 Å². The van der Waals surface area contributed by atoms with Crippen LogP contribution in [-0.4, -0.2) is 42.9 Å². The zero-order valence-electron chi connectivity index (χ0n) is 12.5. The van der Waals surface area contributed by atoms with Crippen LogP contribution in [-0.2, 0) is 16.1 Å². The van der Waals surface area contributed by atoms with E-state index in [1.165, 1.54) is 5.56 Å². The van der Waals surface area contributed by atoms with Crippen molar-refractivity contribution in [2.45, 2.75) is 31.8 Å². The SMILES string of the molecule is CN(CC(=O)N[C@H]1CCCCNC1=O)Cc1ccccc1. The fourth-order valence-electron chi connectivity index (χ4n) is 2.51. The van der Waals surface area contributed by atoms with Crippen molar-refractivity contribution in [2.24, 2.45) is 0 Å². The summed E-state index contributed by atoms with van der Waals surface area (Å²) in [6.07, 6.45) is 2.66. The van der Waals surface area contributed by atoms with Crippen LogP contribution in [0.25, 0.3) is 0 Å². The van der Waals surface area contributed by atoms with Crippen LogP contribution in [0, 0.1) is 0 Å². The highest BCUT2D eigenvalue weighted by atomic mass is 16.2. The lowest BCUT2D eigenvalue weighted by atomic mass is 10.1. The molecule has 5 nitrogen and oxygen atoms in total. The van der Waals surface area contributed by atoms with Gasteiger partial charge >= 0.3 is 0 Å². The molecular weight excluding hydrogens is 266 g/mol. The summed E-state index contributed by atoms with van der Waals surface area (Å²) in [6.45, 7) is 1.71. The molecule has 1 aromatic carbocycles. The number of carbonyl (C=O) groups is 2. The third-order valence-corrected chi connectivity index (χ3v) is 3.58. The van der Waals surface area contributed by atoms with Gasteiger partial charge in [0.2, 0.25) is 11.8 Å². The van der Waals surface area contributed by atoms with Crippen molar-refractivity contribution in [3.05, 3.63) is 35.9 Å². The highest BCUT2D eigenvalue weighted by Crippen LogP contribution is 2.06. The minimum atomic E-state index is -0.384. The molecule has 1 heterocycles. The predicted molar refractivity (Wildman–Crippen MR) is 81.6 cm³/mol. The number of carbonyl (C=O) groups excluding carboxylic acids is 2. The van der Waals surface area contributed by atoms with Crippen LogP contribution in [0.4, 0.5) is 0 Å². The van der Waals surface area contributed by atoms with E-state index < -0.39 is 0 Å². The first-order valence-electron chi connectivity index (χ1n) is 7.44. The Bertz CT molecular complexity index is 476. The summed E-state index contributed by atoms with van der Waals surface area (Å²) < 4.78 is 0. The highest BCUT2D eigenvalue weighted by molar-refractivity contribution is 5.88. The first kappa shape index (κ1) is 15.5. The summed E-state index contributed by atoms with van der Waals surface area (Å²) in [5.41, 5.74) is 1.17. The standard InChI is InChI=1S/C16H23N3O2/c1-19(11-13-7-3-2-4-8-13)12-15(20)18-14-9-5-6-10-17-16(14)21/h2-4,7-8,14H,5-6,9-12H2,1H3,(H,17,21)(H,18,20)/t14-/m0/s1. The number of hydrogen-bond donors (Lipinski definition) is 2. The molecule has 0 unspecified atom stereocenters. The average molecular weight is 289 g/mol. The van der Waals surface area contributed by atoms with E-state index in [9.17, 15) is 9.59 Å².